The third kappa shape index (κ3) is 7.67. The van der Waals surface area contributed by atoms with Gasteiger partial charge in [0.2, 0.25) is 0 Å². The van der Waals surface area contributed by atoms with Gasteiger partial charge in [0.1, 0.15) is 11.5 Å². The topological polar surface area (TPSA) is 93.1 Å². The summed E-state index contributed by atoms with van der Waals surface area (Å²) >= 11 is 0. The molecule has 4 rings (SSSR count). The van der Waals surface area contributed by atoms with E-state index < -0.39 is 0 Å². The molecule has 0 spiro atoms. The second-order valence-electron chi connectivity index (χ2n) is 11.0. The van der Waals surface area contributed by atoms with Gasteiger partial charge in [-0.3, -0.25) is 0 Å². The maximum atomic E-state index is 12.4. The van der Waals surface area contributed by atoms with Crippen molar-refractivity contribution >= 4 is 11.9 Å². The highest BCUT2D eigenvalue weighted by atomic mass is 16.5. The molecule has 230 valence electrons. The molecule has 0 heterocycles. The number of phenolic OH excluding ortho intramolecular Hbond substituents is 2. The number of unbranched alkanes of at least 4 members (excludes halogenated alkanes) is 3. The third-order valence-electron chi connectivity index (χ3n) is 8.04. The molecule has 0 saturated carbocycles. The van der Waals surface area contributed by atoms with Crippen molar-refractivity contribution in [3.63, 3.8) is 0 Å². The van der Waals surface area contributed by atoms with Crippen LogP contribution in [0.3, 0.4) is 0 Å². The second-order valence-corrected chi connectivity index (χ2v) is 11.0. The van der Waals surface area contributed by atoms with Crippen molar-refractivity contribution in [1.29, 1.82) is 0 Å². The summed E-state index contributed by atoms with van der Waals surface area (Å²) in [5, 5.41) is 21.3. The van der Waals surface area contributed by atoms with E-state index in [1.165, 1.54) is 0 Å². The molecule has 0 fully saturated rings. The van der Waals surface area contributed by atoms with Crippen molar-refractivity contribution in [3.05, 3.63) is 106 Å². The van der Waals surface area contributed by atoms with E-state index in [0.29, 0.717) is 24.3 Å². The zero-order chi connectivity index (χ0) is 31.6. The van der Waals surface area contributed by atoms with Crippen molar-refractivity contribution in [2.24, 2.45) is 0 Å². The molecule has 0 amide bonds. The Kier molecular flexibility index (Phi) is 11.2. The Morgan fingerprint density at radius 3 is 1.36 bits per heavy atom. The van der Waals surface area contributed by atoms with Crippen molar-refractivity contribution in [2.75, 3.05) is 13.2 Å². The summed E-state index contributed by atoms with van der Waals surface area (Å²) in [5.41, 5.74) is 7.97. The van der Waals surface area contributed by atoms with Gasteiger partial charge < -0.3 is 19.7 Å². The van der Waals surface area contributed by atoms with Crippen molar-refractivity contribution < 1.29 is 29.3 Å². The number of esters is 2. The highest BCUT2D eigenvalue weighted by molar-refractivity contribution is 5.94. The lowest BCUT2D eigenvalue weighted by molar-refractivity contribution is 0.0516. The fourth-order valence-corrected chi connectivity index (χ4v) is 5.64. The molecule has 0 atom stereocenters. The van der Waals surface area contributed by atoms with Crippen LogP contribution < -0.4 is 0 Å². The van der Waals surface area contributed by atoms with Gasteiger partial charge in [-0.15, -0.1) is 0 Å². The van der Waals surface area contributed by atoms with E-state index in [2.05, 4.69) is 0 Å². The van der Waals surface area contributed by atoms with Crippen LogP contribution in [0.2, 0.25) is 0 Å². The van der Waals surface area contributed by atoms with Crippen LogP contribution >= 0.6 is 0 Å². The zero-order valence-electron chi connectivity index (χ0n) is 26.1. The molecule has 0 radical (unpaired) electrons. The van der Waals surface area contributed by atoms with Gasteiger partial charge in [0.05, 0.1) is 24.3 Å². The Hall–Kier alpha value is -4.58. The third-order valence-corrected chi connectivity index (χ3v) is 8.04. The standard InChI is InChI=1S/C38H42O6/c1-5-43-37(41)31-17-11-15-29(25(31)3)33-23-27(19-21-35(33)39)13-9-7-8-10-14-28-20-22-36(40)34(24-28)30-16-12-18-32(26(30)4)38(42)44-6-2/h11-12,15-24,39-40H,5-10,13-14H2,1-4H3. The maximum Gasteiger partial charge on any atom is 0.338 e. The number of aromatic hydroxyl groups is 2. The predicted octanol–water partition coefficient (Wildman–Crippen LogP) is 8.75. The number of rotatable bonds is 13. The quantitative estimate of drug-likeness (QED) is 0.119. The predicted molar refractivity (Wildman–Crippen MR) is 174 cm³/mol. The number of ether oxygens (including phenoxy) is 2. The number of aryl methyl sites for hydroxylation is 2. The molecule has 6 heteroatoms. The molecule has 0 aliphatic carbocycles. The smallest absolute Gasteiger partial charge is 0.338 e. The second kappa shape index (κ2) is 15.2. The summed E-state index contributed by atoms with van der Waals surface area (Å²) in [4.78, 5) is 24.7. The first-order valence-corrected chi connectivity index (χ1v) is 15.4. The zero-order valence-corrected chi connectivity index (χ0v) is 26.1. The van der Waals surface area contributed by atoms with Crippen molar-refractivity contribution in [1.82, 2.24) is 0 Å². The summed E-state index contributed by atoms with van der Waals surface area (Å²) in [6, 6.07) is 22.4. The molecule has 0 saturated heterocycles. The van der Waals surface area contributed by atoms with Crippen LogP contribution in [-0.2, 0) is 22.3 Å². The Morgan fingerprint density at radius 1 is 0.568 bits per heavy atom. The SMILES string of the molecule is CCOC(=O)c1cccc(-c2cc(CCCCCCc3ccc(O)c(-c4cccc(C(=O)OCC)c4C)c3)ccc2O)c1C. The van der Waals surface area contributed by atoms with Crippen LogP contribution in [0.25, 0.3) is 22.3 Å². The largest absolute Gasteiger partial charge is 0.507 e. The van der Waals surface area contributed by atoms with Gasteiger partial charge in [0.15, 0.2) is 0 Å². The van der Waals surface area contributed by atoms with E-state index in [4.69, 9.17) is 9.47 Å². The summed E-state index contributed by atoms with van der Waals surface area (Å²) in [6.07, 6.45) is 5.96. The summed E-state index contributed by atoms with van der Waals surface area (Å²) in [6.45, 7) is 7.96. The Bertz CT molecular complexity index is 1500. The number of phenols is 2. The lowest BCUT2D eigenvalue weighted by Crippen LogP contribution is -2.07. The lowest BCUT2D eigenvalue weighted by atomic mass is 9.93. The molecule has 44 heavy (non-hydrogen) atoms. The normalized spacial score (nSPS) is 10.9. The van der Waals surface area contributed by atoms with Gasteiger partial charge in [0, 0.05) is 11.1 Å². The summed E-state index contributed by atoms with van der Waals surface area (Å²) in [7, 11) is 0. The van der Waals surface area contributed by atoms with Crippen LogP contribution in [-0.4, -0.2) is 35.4 Å². The Morgan fingerprint density at radius 2 is 0.977 bits per heavy atom. The van der Waals surface area contributed by atoms with Gasteiger partial charge in [-0.2, -0.15) is 0 Å². The van der Waals surface area contributed by atoms with Crippen LogP contribution in [0.15, 0.2) is 72.8 Å². The highest BCUT2D eigenvalue weighted by Crippen LogP contribution is 2.35. The van der Waals surface area contributed by atoms with E-state index in [0.717, 1.165) is 83.0 Å². The Balaban J connectivity index is 1.34. The van der Waals surface area contributed by atoms with Crippen LogP contribution in [0, 0.1) is 13.8 Å². The molecular weight excluding hydrogens is 552 g/mol. The monoisotopic (exact) mass is 594 g/mol. The Labute approximate surface area is 260 Å². The molecular formula is C38H42O6. The van der Waals surface area contributed by atoms with Gasteiger partial charge in [-0.25, -0.2) is 9.59 Å². The van der Waals surface area contributed by atoms with Gasteiger partial charge in [-0.05, 0) is 123 Å². The van der Waals surface area contributed by atoms with Crippen molar-refractivity contribution in [2.45, 2.75) is 66.2 Å². The fourth-order valence-electron chi connectivity index (χ4n) is 5.64. The van der Waals surface area contributed by atoms with E-state index in [9.17, 15) is 19.8 Å². The van der Waals surface area contributed by atoms with E-state index in [1.54, 1.807) is 38.1 Å². The highest BCUT2D eigenvalue weighted by Gasteiger charge is 2.17. The maximum absolute atomic E-state index is 12.4. The van der Waals surface area contributed by atoms with Gasteiger partial charge in [-0.1, -0.05) is 49.2 Å². The summed E-state index contributed by atoms with van der Waals surface area (Å²) in [5.74, 6) is -0.337. The molecule has 4 aromatic rings. The molecule has 2 N–H and O–H groups in total. The molecule has 6 nitrogen and oxygen atoms in total. The van der Waals surface area contributed by atoms with E-state index in [-0.39, 0.29) is 23.4 Å². The molecule has 0 unspecified atom stereocenters. The first-order chi connectivity index (χ1) is 21.2. The minimum absolute atomic E-state index is 0.189. The number of carbonyl (C=O) groups excluding carboxylic acids is 2. The van der Waals surface area contributed by atoms with Crippen molar-refractivity contribution in [3.8, 4) is 33.8 Å². The summed E-state index contributed by atoms with van der Waals surface area (Å²) < 4.78 is 10.4. The number of carbonyl (C=O) groups is 2. The average Bonchev–Trinajstić information content (AvgIpc) is 3.01. The van der Waals surface area contributed by atoms with Gasteiger partial charge in [0.25, 0.3) is 0 Å². The molecule has 0 bridgehead atoms. The fraction of sp³-hybridized carbons (Fsp3) is 0.316. The number of hydrogen-bond acceptors (Lipinski definition) is 6. The first-order valence-electron chi connectivity index (χ1n) is 15.4. The average molecular weight is 595 g/mol. The number of benzene rings is 4. The van der Waals surface area contributed by atoms with E-state index >= 15 is 0 Å². The number of hydrogen-bond donors (Lipinski definition) is 2. The molecule has 0 aliphatic rings. The molecule has 0 aliphatic heterocycles. The minimum Gasteiger partial charge on any atom is -0.507 e. The minimum atomic E-state index is -0.357. The lowest BCUT2D eigenvalue weighted by Gasteiger charge is -2.14. The van der Waals surface area contributed by atoms with Gasteiger partial charge >= 0.3 is 11.9 Å². The first kappa shape index (κ1) is 32.3. The van der Waals surface area contributed by atoms with E-state index in [1.807, 2.05) is 62.4 Å². The van der Waals surface area contributed by atoms with Crippen LogP contribution in [0.1, 0.15) is 82.5 Å². The molecule has 0 aromatic heterocycles. The molecule has 4 aromatic carbocycles. The van der Waals surface area contributed by atoms with Crippen LogP contribution in [0.5, 0.6) is 11.5 Å². The van der Waals surface area contributed by atoms with Crippen LogP contribution in [0.4, 0.5) is 0 Å².